The molecule has 0 saturated carbocycles. The van der Waals surface area contributed by atoms with E-state index < -0.39 is 0 Å². The second kappa shape index (κ2) is 6.12. The molecule has 1 amide bonds. The first-order valence-electron chi connectivity index (χ1n) is 6.42. The minimum Gasteiger partial charge on any atom is -0.389 e. The van der Waals surface area contributed by atoms with Gasteiger partial charge in [0.2, 0.25) is 0 Å². The van der Waals surface area contributed by atoms with Crippen LogP contribution in [-0.4, -0.2) is 41.6 Å². The maximum Gasteiger partial charge on any atom is 0.254 e. The molecule has 102 valence electrons. The van der Waals surface area contributed by atoms with Gasteiger partial charge in [-0.1, -0.05) is 31.3 Å². The lowest BCUT2D eigenvalue weighted by molar-refractivity contribution is -0.0226. The maximum absolute atomic E-state index is 12.3. The summed E-state index contributed by atoms with van der Waals surface area (Å²) >= 11 is 4.89. The first kappa shape index (κ1) is 14.0. The predicted molar refractivity (Wildman–Crippen MR) is 78.3 cm³/mol. The minimum atomic E-state index is 0.0382. The van der Waals surface area contributed by atoms with E-state index in [1.165, 1.54) is 0 Å². The van der Waals surface area contributed by atoms with Crippen molar-refractivity contribution in [2.24, 2.45) is 5.73 Å². The van der Waals surface area contributed by atoms with Crippen LogP contribution in [0.4, 0.5) is 0 Å². The molecule has 1 aromatic rings. The third kappa shape index (κ3) is 3.30. The van der Waals surface area contributed by atoms with E-state index in [1.54, 1.807) is 24.3 Å². The number of nitrogens with two attached hydrogens (primary N) is 1. The number of amides is 1. The molecule has 1 unspecified atom stereocenters. The molecule has 0 spiro atoms. The van der Waals surface area contributed by atoms with E-state index in [4.69, 9.17) is 22.7 Å². The molecule has 0 aliphatic carbocycles. The van der Waals surface area contributed by atoms with E-state index in [1.807, 2.05) is 4.90 Å². The van der Waals surface area contributed by atoms with Crippen molar-refractivity contribution in [1.82, 2.24) is 4.90 Å². The zero-order chi connectivity index (χ0) is 13.8. The average molecular weight is 278 g/mol. The first-order chi connectivity index (χ1) is 9.11. The van der Waals surface area contributed by atoms with Crippen LogP contribution in [0.25, 0.3) is 0 Å². The number of benzene rings is 1. The summed E-state index contributed by atoms with van der Waals surface area (Å²) in [6, 6.07) is 7.11. The van der Waals surface area contributed by atoms with Gasteiger partial charge in [-0.15, -0.1) is 0 Å². The van der Waals surface area contributed by atoms with Gasteiger partial charge in [0, 0.05) is 24.2 Å². The molecule has 2 N–H and O–H groups in total. The van der Waals surface area contributed by atoms with Crippen molar-refractivity contribution in [3.8, 4) is 0 Å². The van der Waals surface area contributed by atoms with Crippen molar-refractivity contribution < 1.29 is 9.53 Å². The summed E-state index contributed by atoms with van der Waals surface area (Å²) in [4.78, 5) is 14.5. The van der Waals surface area contributed by atoms with Crippen molar-refractivity contribution >= 4 is 23.1 Å². The monoisotopic (exact) mass is 278 g/mol. The molecule has 1 heterocycles. The number of hydrogen-bond donors (Lipinski definition) is 1. The van der Waals surface area contributed by atoms with Crippen molar-refractivity contribution in [2.45, 2.75) is 19.4 Å². The highest BCUT2D eigenvalue weighted by molar-refractivity contribution is 7.80. The standard InChI is InChI=1S/C14H18N2O2S/c1-2-12-9-16(7-8-18-12)14(17)11-5-3-10(4-6-11)13(15)19/h3-6,12H,2,7-9H2,1H3,(H2,15,19). The summed E-state index contributed by atoms with van der Waals surface area (Å²) in [5.41, 5.74) is 6.98. The fourth-order valence-electron chi connectivity index (χ4n) is 2.11. The molecule has 1 aliphatic rings. The third-order valence-electron chi connectivity index (χ3n) is 3.30. The van der Waals surface area contributed by atoms with Gasteiger partial charge in [0.15, 0.2) is 0 Å². The molecular formula is C14H18N2O2S. The van der Waals surface area contributed by atoms with E-state index in [0.717, 1.165) is 12.0 Å². The Labute approximate surface area is 118 Å². The molecule has 1 atom stereocenters. The topological polar surface area (TPSA) is 55.6 Å². The summed E-state index contributed by atoms with van der Waals surface area (Å²) in [7, 11) is 0. The zero-order valence-corrected chi connectivity index (χ0v) is 11.8. The van der Waals surface area contributed by atoms with E-state index in [-0.39, 0.29) is 12.0 Å². The van der Waals surface area contributed by atoms with Gasteiger partial charge in [-0.3, -0.25) is 4.79 Å². The highest BCUT2D eigenvalue weighted by Crippen LogP contribution is 2.13. The minimum absolute atomic E-state index is 0.0382. The van der Waals surface area contributed by atoms with Crippen LogP contribution in [0.5, 0.6) is 0 Å². The first-order valence-corrected chi connectivity index (χ1v) is 6.83. The lowest BCUT2D eigenvalue weighted by Crippen LogP contribution is -2.45. The van der Waals surface area contributed by atoms with Gasteiger partial charge in [0.05, 0.1) is 12.7 Å². The van der Waals surface area contributed by atoms with Crippen LogP contribution in [0.2, 0.25) is 0 Å². The zero-order valence-electron chi connectivity index (χ0n) is 11.0. The lowest BCUT2D eigenvalue weighted by atomic mass is 10.1. The van der Waals surface area contributed by atoms with Crippen molar-refractivity contribution in [2.75, 3.05) is 19.7 Å². The average Bonchev–Trinajstić information content (AvgIpc) is 2.46. The van der Waals surface area contributed by atoms with Crippen LogP contribution >= 0.6 is 12.2 Å². The fraction of sp³-hybridized carbons (Fsp3) is 0.429. The van der Waals surface area contributed by atoms with E-state index >= 15 is 0 Å². The molecule has 0 radical (unpaired) electrons. The molecule has 1 aliphatic heterocycles. The summed E-state index contributed by atoms with van der Waals surface area (Å²) < 4.78 is 5.57. The van der Waals surface area contributed by atoms with Gasteiger partial charge in [0.25, 0.3) is 5.91 Å². The van der Waals surface area contributed by atoms with Crippen LogP contribution < -0.4 is 5.73 Å². The quantitative estimate of drug-likeness (QED) is 0.853. The number of morpholine rings is 1. The van der Waals surface area contributed by atoms with E-state index in [9.17, 15) is 4.79 Å². The number of hydrogen-bond acceptors (Lipinski definition) is 3. The highest BCUT2D eigenvalue weighted by Gasteiger charge is 2.23. The molecule has 5 heteroatoms. The van der Waals surface area contributed by atoms with Crippen LogP contribution in [-0.2, 0) is 4.74 Å². The van der Waals surface area contributed by atoms with Gasteiger partial charge in [-0.05, 0) is 18.6 Å². The van der Waals surface area contributed by atoms with Crippen LogP contribution in [0.15, 0.2) is 24.3 Å². The molecule has 4 nitrogen and oxygen atoms in total. The predicted octanol–water partition coefficient (Wildman–Crippen LogP) is 1.57. The molecule has 1 aromatic carbocycles. The number of ether oxygens (including phenoxy) is 1. The summed E-state index contributed by atoms with van der Waals surface area (Å²) in [6.45, 7) is 3.98. The molecule has 0 aromatic heterocycles. The Bertz CT molecular complexity index is 473. The highest BCUT2D eigenvalue weighted by atomic mass is 32.1. The van der Waals surface area contributed by atoms with Gasteiger partial charge >= 0.3 is 0 Å². The number of carbonyl (C=O) groups excluding carboxylic acids is 1. The second-order valence-corrected chi connectivity index (χ2v) is 5.03. The number of thiocarbonyl (C=S) groups is 1. The lowest BCUT2D eigenvalue weighted by Gasteiger charge is -2.32. The Hall–Kier alpha value is -1.46. The van der Waals surface area contributed by atoms with Gasteiger partial charge in [-0.2, -0.15) is 0 Å². The van der Waals surface area contributed by atoms with Gasteiger partial charge < -0.3 is 15.4 Å². The molecular weight excluding hydrogens is 260 g/mol. The summed E-state index contributed by atoms with van der Waals surface area (Å²) in [6.07, 6.45) is 1.07. The largest absolute Gasteiger partial charge is 0.389 e. The normalized spacial score (nSPS) is 19.2. The second-order valence-electron chi connectivity index (χ2n) is 4.59. The fourth-order valence-corrected chi connectivity index (χ4v) is 2.25. The Kier molecular flexibility index (Phi) is 4.50. The molecule has 1 saturated heterocycles. The van der Waals surface area contributed by atoms with Crippen LogP contribution in [0, 0.1) is 0 Å². The Morgan fingerprint density at radius 2 is 2.05 bits per heavy atom. The van der Waals surface area contributed by atoms with Crippen LogP contribution in [0.3, 0.4) is 0 Å². The molecule has 1 fully saturated rings. The molecule has 19 heavy (non-hydrogen) atoms. The van der Waals surface area contributed by atoms with E-state index in [0.29, 0.717) is 30.2 Å². The Balaban J connectivity index is 2.08. The number of nitrogens with zero attached hydrogens (tertiary/aromatic N) is 1. The van der Waals surface area contributed by atoms with Crippen molar-refractivity contribution in [3.05, 3.63) is 35.4 Å². The SMILES string of the molecule is CCC1CN(C(=O)c2ccc(C(N)=S)cc2)CCO1. The molecule has 2 rings (SSSR count). The van der Waals surface area contributed by atoms with Gasteiger partial charge in [-0.25, -0.2) is 0 Å². The van der Waals surface area contributed by atoms with E-state index in [2.05, 4.69) is 6.92 Å². The smallest absolute Gasteiger partial charge is 0.254 e. The number of carbonyl (C=O) groups is 1. The van der Waals surface area contributed by atoms with Crippen molar-refractivity contribution in [1.29, 1.82) is 0 Å². The number of rotatable bonds is 3. The molecule has 0 bridgehead atoms. The van der Waals surface area contributed by atoms with Crippen molar-refractivity contribution in [3.63, 3.8) is 0 Å². The Morgan fingerprint density at radius 3 is 2.63 bits per heavy atom. The summed E-state index contributed by atoms with van der Waals surface area (Å²) in [5, 5.41) is 0. The third-order valence-corrected chi connectivity index (χ3v) is 3.53. The Morgan fingerprint density at radius 1 is 1.42 bits per heavy atom. The van der Waals surface area contributed by atoms with Gasteiger partial charge in [0.1, 0.15) is 4.99 Å². The van der Waals surface area contributed by atoms with Crippen LogP contribution in [0.1, 0.15) is 29.3 Å². The summed E-state index contributed by atoms with van der Waals surface area (Å²) in [5.74, 6) is 0.0382. The maximum atomic E-state index is 12.3.